The van der Waals surface area contributed by atoms with Gasteiger partial charge in [-0.1, -0.05) is 6.42 Å². The Morgan fingerprint density at radius 3 is 2.94 bits per heavy atom. The van der Waals surface area contributed by atoms with Crippen molar-refractivity contribution >= 4 is 11.5 Å². The molecule has 1 aromatic rings. The average molecular weight is 217 g/mol. The van der Waals surface area contributed by atoms with Gasteiger partial charge in [-0.25, -0.2) is 4.98 Å². The molecule has 1 aromatic heterocycles. The zero-order valence-corrected chi connectivity index (χ0v) is 9.74. The van der Waals surface area contributed by atoms with Gasteiger partial charge in [0.05, 0.1) is 5.69 Å². The van der Waals surface area contributed by atoms with Crippen LogP contribution in [0.5, 0.6) is 0 Å². The van der Waals surface area contributed by atoms with E-state index in [0.29, 0.717) is 6.04 Å². The van der Waals surface area contributed by atoms with Gasteiger partial charge in [0, 0.05) is 12.2 Å². The van der Waals surface area contributed by atoms with E-state index >= 15 is 0 Å². The van der Waals surface area contributed by atoms with E-state index in [1.54, 1.807) is 0 Å². The summed E-state index contributed by atoms with van der Waals surface area (Å²) in [5.74, 6) is 2.69. The van der Waals surface area contributed by atoms with E-state index in [-0.39, 0.29) is 0 Å². The van der Waals surface area contributed by atoms with Gasteiger partial charge < -0.3 is 11.1 Å². The third-order valence-electron chi connectivity index (χ3n) is 4.27. The van der Waals surface area contributed by atoms with Crippen LogP contribution in [0.2, 0.25) is 0 Å². The molecule has 2 fully saturated rings. The van der Waals surface area contributed by atoms with Crippen molar-refractivity contribution < 1.29 is 0 Å². The second-order valence-corrected chi connectivity index (χ2v) is 5.32. The van der Waals surface area contributed by atoms with E-state index in [1.165, 1.54) is 25.7 Å². The Bertz CT molecular complexity index is 402. The molecule has 0 spiro atoms. The molecular formula is C13H19N3. The molecule has 0 aliphatic heterocycles. The molecule has 3 nitrogen and oxygen atoms in total. The van der Waals surface area contributed by atoms with E-state index in [0.717, 1.165) is 28.9 Å². The van der Waals surface area contributed by atoms with Crippen molar-refractivity contribution in [2.75, 3.05) is 11.1 Å². The SMILES string of the molecule is Cc1ccnc(NC2CC3CCC2C3)c1N. The number of nitrogens with two attached hydrogens (primary N) is 1. The lowest BCUT2D eigenvalue weighted by Gasteiger charge is -2.24. The summed E-state index contributed by atoms with van der Waals surface area (Å²) in [5, 5.41) is 3.55. The highest BCUT2D eigenvalue weighted by Crippen LogP contribution is 2.45. The number of fused-ring (bicyclic) bond motifs is 2. The summed E-state index contributed by atoms with van der Waals surface area (Å²) >= 11 is 0. The van der Waals surface area contributed by atoms with E-state index < -0.39 is 0 Å². The molecule has 0 amide bonds. The number of hydrogen-bond acceptors (Lipinski definition) is 3. The summed E-state index contributed by atoms with van der Waals surface area (Å²) in [4.78, 5) is 4.35. The Balaban J connectivity index is 1.77. The molecule has 2 aliphatic rings. The number of nitrogens with zero attached hydrogens (tertiary/aromatic N) is 1. The first-order chi connectivity index (χ1) is 7.74. The van der Waals surface area contributed by atoms with Crippen LogP contribution in [0, 0.1) is 18.8 Å². The van der Waals surface area contributed by atoms with Gasteiger partial charge in [0.15, 0.2) is 0 Å². The number of anilines is 2. The summed E-state index contributed by atoms with van der Waals surface area (Å²) in [6, 6.07) is 2.57. The van der Waals surface area contributed by atoms with Gasteiger partial charge in [0.25, 0.3) is 0 Å². The van der Waals surface area contributed by atoms with E-state index in [2.05, 4.69) is 10.3 Å². The lowest BCUT2D eigenvalue weighted by molar-refractivity contribution is 0.439. The molecule has 3 atom stereocenters. The average Bonchev–Trinajstić information content (AvgIpc) is 2.86. The number of hydrogen-bond donors (Lipinski definition) is 2. The van der Waals surface area contributed by atoms with Crippen LogP contribution >= 0.6 is 0 Å². The van der Waals surface area contributed by atoms with Crippen molar-refractivity contribution in [3.05, 3.63) is 17.8 Å². The van der Waals surface area contributed by atoms with Crippen molar-refractivity contribution in [2.24, 2.45) is 11.8 Å². The maximum absolute atomic E-state index is 6.03. The smallest absolute Gasteiger partial charge is 0.149 e. The lowest BCUT2D eigenvalue weighted by atomic mass is 9.95. The standard InChI is InChI=1S/C13H19N3/c1-8-4-5-15-13(12(8)14)16-11-7-9-2-3-10(11)6-9/h4-5,9-11H,2-3,6-7,14H2,1H3,(H,15,16). The molecule has 0 saturated heterocycles. The molecule has 3 rings (SSSR count). The fraction of sp³-hybridized carbons (Fsp3) is 0.615. The van der Waals surface area contributed by atoms with Crippen molar-refractivity contribution in [3.63, 3.8) is 0 Å². The Hall–Kier alpha value is -1.25. The quantitative estimate of drug-likeness (QED) is 0.800. The largest absolute Gasteiger partial charge is 0.396 e. The predicted molar refractivity (Wildman–Crippen MR) is 66.2 cm³/mol. The normalized spacial score (nSPS) is 31.9. The van der Waals surface area contributed by atoms with Crippen LogP contribution in [0.1, 0.15) is 31.2 Å². The zero-order chi connectivity index (χ0) is 11.1. The second-order valence-electron chi connectivity index (χ2n) is 5.32. The summed E-state index contributed by atoms with van der Waals surface area (Å²) < 4.78 is 0. The summed E-state index contributed by atoms with van der Waals surface area (Å²) in [5.41, 5.74) is 7.96. The maximum Gasteiger partial charge on any atom is 0.149 e. The fourth-order valence-corrected chi connectivity index (χ4v) is 3.28. The highest BCUT2D eigenvalue weighted by molar-refractivity contribution is 5.65. The van der Waals surface area contributed by atoms with Crippen LogP contribution in [-0.4, -0.2) is 11.0 Å². The van der Waals surface area contributed by atoms with Gasteiger partial charge >= 0.3 is 0 Å². The Labute approximate surface area is 96.4 Å². The minimum absolute atomic E-state index is 0.607. The van der Waals surface area contributed by atoms with Crippen molar-refractivity contribution in [3.8, 4) is 0 Å². The molecule has 86 valence electrons. The summed E-state index contributed by atoms with van der Waals surface area (Å²) in [6.45, 7) is 2.03. The Morgan fingerprint density at radius 2 is 2.25 bits per heavy atom. The van der Waals surface area contributed by atoms with E-state index in [4.69, 9.17) is 5.73 Å². The monoisotopic (exact) mass is 217 g/mol. The first kappa shape index (κ1) is 9.94. The third-order valence-corrected chi connectivity index (χ3v) is 4.27. The highest BCUT2D eigenvalue weighted by atomic mass is 15.0. The molecule has 3 unspecified atom stereocenters. The van der Waals surface area contributed by atoms with Gasteiger partial charge in [0.2, 0.25) is 0 Å². The molecule has 3 heteroatoms. The zero-order valence-electron chi connectivity index (χ0n) is 9.74. The van der Waals surface area contributed by atoms with E-state index in [1.807, 2.05) is 19.2 Å². The minimum atomic E-state index is 0.607. The van der Waals surface area contributed by atoms with Gasteiger partial charge in [0.1, 0.15) is 5.82 Å². The van der Waals surface area contributed by atoms with Crippen molar-refractivity contribution in [2.45, 2.75) is 38.6 Å². The summed E-state index contributed by atoms with van der Waals surface area (Å²) in [7, 11) is 0. The summed E-state index contributed by atoms with van der Waals surface area (Å²) in [6.07, 6.45) is 7.36. The Morgan fingerprint density at radius 1 is 1.38 bits per heavy atom. The molecule has 2 bridgehead atoms. The molecular weight excluding hydrogens is 198 g/mol. The lowest BCUT2D eigenvalue weighted by Crippen LogP contribution is -2.26. The van der Waals surface area contributed by atoms with Crippen LogP contribution in [0.25, 0.3) is 0 Å². The number of aromatic nitrogens is 1. The molecule has 2 aliphatic carbocycles. The van der Waals surface area contributed by atoms with Gasteiger partial charge in [-0.2, -0.15) is 0 Å². The number of aryl methyl sites for hydroxylation is 1. The van der Waals surface area contributed by atoms with Crippen LogP contribution in [0.3, 0.4) is 0 Å². The van der Waals surface area contributed by atoms with Crippen LogP contribution in [0.4, 0.5) is 11.5 Å². The molecule has 16 heavy (non-hydrogen) atoms. The van der Waals surface area contributed by atoms with Crippen molar-refractivity contribution in [1.29, 1.82) is 0 Å². The highest BCUT2D eigenvalue weighted by Gasteiger charge is 2.39. The molecule has 0 aromatic carbocycles. The number of rotatable bonds is 2. The molecule has 1 heterocycles. The molecule has 0 radical (unpaired) electrons. The Kier molecular flexibility index (Phi) is 2.27. The first-order valence-electron chi connectivity index (χ1n) is 6.21. The third kappa shape index (κ3) is 1.55. The van der Waals surface area contributed by atoms with Gasteiger partial charge in [-0.05, 0) is 49.7 Å². The fourth-order valence-electron chi connectivity index (χ4n) is 3.28. The van der Waals surface area contributed by atoms with Gasteiger partial charge in [-0.15, -0.1) is 0 Å². The molecule has 2 saturated carbocycles. The maximum atomic E-state index is 6.03. The first-order valence-corrected chi connectivity index (χ1v) is 6.21. The van der Waals surface area contributed by atoms with Crippen LogP contribution in [0.15, 0.2) is 12.3 Å². The molecule has 3 N–H and O–H groups in total. The second kappa shape index (κ2) is 3.65. The number of nitrogen functional groups attached to an aromatic ring is 1. The van der Waals surface area contributed by atoms with Crippen LogP contribution in [-0.2, 0) is 0 Å². The predicted octanol–water partition coefficient (Wildman–Crippen LogP) is 2.57. The topological polar surface area (TPSA) is 50.9 Å². The number of nitrogens with one attached hydrogen (secondary N) is 1. The van der Waals surface area contributed by atoms with Crippen LogP contribution < -0.4 is 11.1 Å². The number of pyridine rings is 1. The minimum Gasteiger partial charge on any atom is -0.396 e. The van der Waals surface area contributed by atoms with Gasteiger partial charge in [-0.3, -0.25) is 0 Å². The van der Waals surface area contributed by atoms with Crippen molar-refractivity contribution in [1.82, 2.24) is 4.98 Å². The van der Waals surface area contributed by atoms with E-state index in [9.17, 15) is 0 Å².